The van der Waals surface area contributed by atoms with Gasteiger partial charge in [0.25, 0.3) is 0 Å². The molecule has 0 heterocycles. The maximum Gasteiger partial charge on any atom is 0.395 e. The first-order chi connectivity index (χ1) is 3.92. The van der Waals surface area contributed by atoms with Crippen molar-refractivity contribution in [2.45, 2.75) is 26.4 Å². The van der Waals surface area contributed by atoms with Crippen LogP contribution in [0.4, 0.5) is 0 Å². The second-order valence-electron chi connectivity index (χ2n) is 2.51. The van der Waals surface area contributed by atoms with Crippen molar-refractivity contribution < 1.29 is 19.0 Å². The summed E-state index contributed by atoms with van der Waals surface area (Å²) >= 11 is 0. The zero-order valence-corrected chi connectivity index (χ0v) is 6.51. The molecule has 0 aromatic rings. The Morgan fingerprint density at radius 3 is 2.00 bits per heavy atom. The monoisotopic (exact) mass is 153 g/mol. The fraction of sp³-hybridized carbons (Fsp3) is 1.00. The molecule has 0 saturated heterocycles. The van der Waals surface area contributed by atoms with Gasteiger partial charge < -0.3 is 0 Å². The largest absolute Gasteiger partial charge is 0.395 e. The minimum atomic E-state index is -2.64. The maximum atomic E-state index is 9.85. The molecular formula is C4H10O4P. The molecule has 55 valence electrons. The summed E-state index contributed by atoms with van der Waals surface area (Å²) in [5.74, 6) is 0. The number of hydrogen-bond donors (Lipinski definition) is 1. The van der Waals surface area contributed by atoms with E-state index < -0.39 is 13.9 Å². The lowest BCUT2D eigenvalue weighted by Gasteiger charge is -2.14. The van der Waals surface area contributed by atoms with E-state index in [0.717, 1.165) is 0 Å². The quantitative estimate of drug-likeness (QED) is 0.370. The van der Waals surface area contributed by atoms with Crippen molar-refractivity contribution in [1.29, 1.82) is 0 Å². The Morgan fingerprint density at radius 2 is 1.89 bits per heavy atom. The van der Waals surface area contributed by atoms with E-state index in [0.29, 0.717) is 0 Å². The molecule has 0 aromatic carbocycles. The standard InChI is InChI=1S/C4H10O4P/c1-4(2,3)7-8-9(5)6/h1-3H3,(H,5,6). The lowest BCUT2D eigenvalue weighted by atomic mass is 10.2. The Morgan fingerprint density at radius 1 is 1.44 bits per heavy atom. The average molecular weight is 153 g/mol. The highest BCUT2D eigenvalue weighted by Crippen LogP contribution is 2.19. The molecule has 0 aromatic heterocycles. The van der Waals surface area contributed by atoms with E-state index in [1.165, 1.54) is 0 Å². The molecule has 5 heteroatoms. The van der Waals surface area contributed by atoms with Gasteiger partial charge in [0, 0.05) is 0 Å². The highest BCUT2D eigenvalue weighted by Gasteiger charge is 2.12. The second-order valence-corrected chi connectivity index (χ2v) is 3.13. The van der Waals surface area contributed by atoms with Crippen molar-refractivity contribution in [2.24, 2.45) is 0 Å². The van der Waals surface area contributed by atoms with Gasteiger partial charge in [-0.2, -0.15) is 0 Å². The molecule has 0 amide bonds. The Bertz CT molecular complexity index is 106. The summed E-state index contributed by atoms with van der Waals surface area (Å²) in [5, 5.41) is 0. The third-order valence-corrected chi connectivity index (χ3v) is 0.553. The van der Waals surface area contributed by atoms with Crippen LogP contribution in [-0.4, -0.2) is 10.5 Å². The SMILES string of the molecule is CC(C)(C)OO[P](=O)O. The Kier molecular flexibility index (Phi) is 3.22. The van der Waals surface area contributed by atoms with Crippen molar-refractivity contribution in [3.8, 4) is 0 Å². The molecule has 0 aliphatic carbocycles. The van der Waals surface area contributed by atoms with E-state index in [4.69, 9.17) is 4.89 Å². The minimum Gasteiger partial charge on any atom is -0.297 e. The molecule has 1 N–H and O–H groups in total. The van der Waals surface area contributed by atoms with Crippen LogP contribution in [0.25, 0.3) is 0 Å². The number of hydrogen-bond acceptors (Lipinski definition) is 3. The fourth-order valence-corrected chi connectivity index (χ4v) is 0.431. The van der Waals surface area contributed by atoms with Crippen LogP contribution in [-0.2, 0) is 14.1 Å². The summed E-state index contributed by atoms with van der Waals surface area (Å²) in [6.45, 7) is 5.14. The summed E-state index contributed by atoms with van der Waals surface area (Å²) in [7, 11) is -2.64. The van der Waals surface area contributed by atoms with Crippen molar-refractivity contribution in [3.05, 3.63) is 0 Å². The van der Waals surface area contributed by atoms with Crippen LogP contribution < -0.4 is 0 Å². The van der Waals surface area contributed by atoms with E-state index in [1.54, 1.807) is 20.8 Å². The van der Waals surface area contributed by atoms with Crippen LogP contribution in [0.15, 0.2) is 0 Å². The third-order valence-electron chi connectivity index (χ3n) is 0.351. The summed E-state index contributed by atoms with van der Waals surface area (Å²) in [4.78, 5) is 12.5. The molecule has 0 aliphatic heterocycles. The normalized spacial score (nSPS) is 13.6. The van der Waals surface area contributed by atoms with Gasteiger partial charge in [-0.25, -0.2) is 9.45 Å². The first kappa shape index (κ1) is 8.98. The molecule has 0 saturated carbocycles. The zero-order chi connectivity index (χ0) is 7.49. The van der Waals surface area contributed by atoms with Gasteiger partial charge in [-0.15, -0.1) is 4.67 Å². The van der Waals surface area contributed by atoms with Crippen molar-refractivity contribution in [2.75, 3.05) is 0 Å². The molecule has 0 fully saturated rings. The van der Waals surface area contributed by atoms with Crippen LogP contribution in [0.2, 0.25) is 0 Å². The molecule has 1 atom stereocenters. The summed E-state index contributed by atoms with van der Waals surface area (Å²) in [6, 6.07) is 0. The summed E-state index contributed by atoms with van der Waals surface area (Å²) in [6.07, 6.45) is 0. The van der Waals surface area contributed by atoms with Gasteiger partial charge in [0.05, 0.1) is 5.60 Å². The lowest BCUT2D eigenvalue weighted by Crippen LogP contribution is -2.17. The van der Waals surface area contributed by atoms with Crippen molar-refractivity contribution in [1.82, 2.24) is 0 Å². The molecule has 9 heavy (non-hydrogen) atoms. The smallest absolute Gasteiger partial charge is 0.297 e. The highest BCUT2D eigenvalue weighted by molar-refractivity contribution is 7.31. The highest BCUT2D eigenvalue weighted by atomic mass is 31.1. The van der Waals surface area contributed by atoms with Gasteiger partial charge in [-0.1, -0.05) is 0 Å². The van der Waals surface area contributed by atoms with Gasteiger partial charge in [-0.3, -0.25) is 4.89 Å². The van der Waals surface area contributed by atoms with Gasteiger partial charge in [-0.05, 0) is 20.8 Å². The third kappa shape index (κ3) is 7.98. The Labute approximate surface area is 54.7 Å². The molecular weight excluding hydrogens is 143 g/mol. The van der Waals surface area contributed by atoms with Crippen LogP contribution in [0.3, 0.4) is 0 Å². The topological polar surface area (TPSA) is 55.8 Å². The van der Waals surface area contributed by atoms with E-state index >= 15 is 0 Å². The Hall–Kier alpha value is -0.0200. The van der Waals surface area contributed by atoms with Gasteiger partial charge in [0.1, 0.15) is 0 Å². The average Bonchev–Trinajstić information content (AvgIpc) is 1.59. The van der Waals surface area contributed by atoms with E-state index in [9.17, 15) is 4.57 Å². The van der Waals surface area contributed by atoms with E-state index in [1.807, 2.05) is 0 Å². The fourth-order valence-electron chi connectivity index (χ4n) is 0.144. The summed E-state index contributed by atoms with van der Waals surface area (Å²) < 4.78 is 13.8. The molecule has 1 unspecified atom stereocenters. The first-order valence-corrected chi connectivity index (χ1v) is 3.57. The first-order valence-electron chi connectivity index (χ1n) is 2.44. The van der Waals surface area contributed by atoms with Crippen LogP contribution in [0.5, 0.6) is 0 Å². The van der Waals surface area contributed by atoms with Crippen LogP contribution in [0, 0.1) is 0 Å². The zero-order valence-electron chi connectivity index (χ0n) is 5.62. The molecule has 4 nitrogen and oxygen atoms in total. The number of rotatable bonds is 2. The molecule has 0 rings (SSSR count). The summed E-state index contributed by atoms with van der Waals surface area (Å²) in [5.41, 5.74) is -0.534. The Balaban J connectivity index is 3.39. The lowest BCUT2D eigenvalue weighted by molar-refractivity contribution is -0.275. The van der Waals surface area contributed by atoms with Crippen molar-refractivity contribution >= 4 is 8.25 Å². The maximum absolute atomic E-state index is 9.85. The van der Waals surface area contributed by atoms with Crippen LogP contribution in [0.1, 0.15) is 20.8 Å². The van der Waals surface area contributed by atoms with Crippen LogP contribution >= 0.6 is 8.25 Å². The molecule has 0 aliphatic rings. The molecule has 0 bridgehead atoms. The van der Waals surface area contributed by atoms with Gasteiger partial charge in [0.2, 0.25) is 0 Å². The van der Waals surface area contributed by atoms with E-state index in [2.05, 4.69) is 9.56 Å². The minimum absolute atomic E-state index is 0.534. The molecule has 0 spiro atoms. The van der Waals surface area contributed by atoms with E-state index in [-0.39, 0.29) is 0 Å². The predicted octanol–water partition coefficient (Wildman–Crippen LogP) is 1.38. The molecule has 1 radical (unpaired) electrons. The van der Waals surface area contributed by atoms with Gasteiger partial charge >= 0.3 is 8.25 Å². The predicted molar refractivity (Wildman–Crippen MR) is 31.7 cm³/mol. The van der Waals surface area contributed by atoms with Crippen molar-refractivity contribution in [3.63, 3.8) is 0 Å². The second kappa shape index (κ2) is 3.22. The van der Waals surface area contributed by atoms with Gasteiger partial charge in [0.15, 0.2) is 0 Å².